The average molecular weight is 370 g/mol. The molecule has 0 amide bonds. The molecule has 0 bridgehead atoms. The minimum absolute atomic E-state index is 0.0957. The predicted molar refractivity (Wildman–Crippen MR) is 98.2 cm³/mol. The summed E-state index contributed by atoms with van der Waals surface area (Å²) in [7, 11) is 1.59. The van der Waals surface area contributed by atoms with Gasteiger partial charge in [-0.2, -0.15) is 0 Å². The van der Waals surface area contributed by atoms with Gasteiger partial charge in [-0.1, -0.05) is 6.07 Å². The van der Waals surface area contributed by atoms with Crippen LogP contribution in [0, 0.1) is 0 Å². The van der Waals surface area contributed by atoms with Gasteiger partial charge in [-0.3, -0.25) is 4.98 Å². The highest BCUT2D eigenvalue weighted by atomic mass is 32.1. The Morgan fingerprint density at radius 2 is 1.92 bits per heavy atom. The number of nitrogens with zero attached hydrogens (tertiary/aromatic N) is 2. The molecule has 1 aromatic carbocycles. The van der Waals surface area contributed by atoms with Crippen LogP contribution in [0.5, 0.6) is 11.5 Å². The second-order valence-electron chi connectivity index (χ2n) is 5.40. The molecule has 2 heterocycles. The fourth-order valence-electron chi connectivity index (χ4n) is 2.15. The van der Waals surface area contributed by atoms with Crippen LogP contribution in [0.4, 0.5) is 0 Å². The van der Waals surface area contributed by atoms with Gasteiger partial charge < -0.3 is 14.2 Å². The van der Waals surface area contributed by atoms with Gasteiger partial charge in [0.1, 0.15) is 23.1 Å². The van der Waals surface area contributed by atoms with Crippen LogP contribution in [0.1, 0.15) is 12.6 Å². The molecule has 2 aromatic heterocycles. The molecule has 0 saturated carbocycles. The molecule has 1 atom stereocenters. The van der Waals surface area contributed by atoms with E-state index in [9.17, 15) is 4.79 Å². The third-order valence-electron chi connectivity index (χ3n) is 3.50. The van der Waals surface area contributed by atoms with Crippen LogP contribution in [0.25, 0.3) is 10.7 Å². The summed E-state index contributed by atoms with van der Waals surface area (Å²) in [4.78, 5) is 20.8. The van der Waals surface area contributed by atoms with Gasteiger partial charge in [0.05, 0.1) is 18.5 Å². The summed E-state index contributed by atoms with van der Waals surface area (Å²) in [6.45, 7) is 1.74. The predicted octanol–water partition coefficient (Wildman–Crippen LogP) is 3.72. The number of pyridine rings is 1. The molecule has 3 rings (SSSR count). The van der Waals surface area contributed by atoms with Crippen molar-refractivity contribution >= 4 is 17.3 Å². The molecule has 0 N–H and O–H groups in total. The Labute approximate surface area is 155 Å². The van der Waals surface area contributed by atoms with Crippen LogP contribution in [0.3, 0.4) is 0 Å². The number of thiazole rings is 1. The van der Waals surface area contributed by atoms with Crippen molar-refractivity contribution in [3.63, 3.8) is 0 Å². The Kier molecular flexibility index (Phi) is 5.80. The monoisotopic (exact) mass is 370 g/mol. The van der Waals surface area contributed by atoms with E-state index in [4.69, 9.17) is 14.2 Å². The maximum atomic E-state index is 12.1. The van der Waals surface area contributed by atoms with Crippen molar-refractivity contribution in [1.29, 1.82) is 0 Å². The van der Waals surface area contributed by atoms with E-state index in [2.05, 4.69) is 9.97 Å². The van der Waals surface area contributed by atoms with Gasteiger partial charge in [0, 0.05) is 11.6 Å². The van der Waals surface area contributed by atoms with Crippen LogP contribution in [0.15, 0.2) is 54.0 Å². The zero-order valence-electron chi connectivity index (χ0n) is 14.4. The minimum atomic E-state index is -0.725. The molecule has 26 heavy (non-hydrogen) atoms. The van der Waals surface area contributed by atoms with Gasteiger partial charge >= 0.3 is 5.97 Å². The first kappa shape index (κ1) is 17.9. The summed E-state index contributed by atoms with van der Waals surface area (Å²) >= 11 is 1.46. The summed E-state index contributed by atoms with van der Waals surface area (Å²) in [5, 5.41) is 2.64. The first-order valence-electron chi connectivity index (χ1n) is 7.99. The second-order valence-corrected chi connectivity index (χ2v) is 6.26. The number of carbonyl (C=O) groups is 1. The third kappa shape index (κ3) is 4.58. The first-order chi connectivity index (χ1) is 12.7. The highest BCUT2D eigenvalue weighted by molar-refractivity contribution is 7.13. The smallest absolute Gasteiger partial charge is 0.347 e. The standard InChI is InChI=1S/C19H18N2O4S/c1-13(25-16-8-6-15(23-2)7-9-16)19(22)24-11-14-12-26-18(21-14)17-5-3-4-10-20-17/h3-10,12-13H,11H2,1-2H3. The van der Waals surface area contributed by atoms with Gasteiger partial charge in [-0.25, -0.2) is 9.78 Å². The maximum absolute atomic E-state index is 12.1. The molecular formula is C19H18N2O4S. The Morgan fingerprint density at radius 3 is 2.62 bits per heavy atom. The van der Waals surface area contributed by atoms with Crippen molar-refractivity contribution in [2.75, 3.05) is 7.11 Å². The van der Waals surface area contributed by atoms with Crippen LogP contribution in [0.2, 0.25) is 0 Å². The van der Waals surface area contributed by atoms with E-state index in [1.54, 1.807) is 44.5 Å². The number of benzene rings is 1. The molecule has 0 fully saturated rings. The van der Waals surface area contributed by atoms with E-state index in [1.165, 1.54) is 11.3 Å². The van der Waals surface area contributed by atoms with Gasteiger partial charge in [-0.15, -0.1) is 11.3 Å². The molecule has 0 aliphatic rings. The number of methoxy groups -OCH3 is 1. The van der Waals surface area contributed by atoms with E-state index in [0.29, 0.717) is 11.4 Å². The van der Waals surface area contributed by atoms with Crippen LogP contribution >= 0.6 is 11.3 Å². The average Bonchev–Trinajstić information content (AvgIpc) is 3.16. The highest BCUT2D eigenvalue weighted by Crippen LogP contribution is 2.22. The van der Waals surface area contributed by atoms with E-state index < -0.39 is 12.1 Å². The van der Waals surface area contributed by atoms with Crippen LogP contribution in [-0.2, 0) is 16.1 Å². The van der Waals surface area contributed by atoms with E-state index in [0.717, 1.165) is 16.5 Å². The molecule has 0 aliphatic heterocycles. The Hall–Kier alpha value is -2.93. The third-order valence-corrected chi connectivity index (χ3v) is 4.42. The topological polar surface area (TPSA) is 70.5 Å². The zero-order chi connectivity index (χ0) is 18.4. The summed E-state index contributed by atoms with van der Waals surface area (Å²) in [5.41, 5.74) is 1.48. The van der Waals surface area contributed by atoms with Crippen LogP contribution < -0.4 is 9.47 Å². The lowest BCUT2D eigenvalue weighted by Crippen LogP contribution is -2.26. The number of hydrogen-bond acceptors (Lipinski definition) is 7. The van der Waals surface area contributed by atoms with E-state index in [1.807, 2.05) is 23.6 Å². The number of esters is 1. The molecule has 6 nitrogen and oxygen atoms in total. The van der Waals surface area contributed by atoms with Crippen LogP contribution in [-0.4, -0.2) is 29.2 Å². The van der Waals surface area contributed by atoms with Crippen molar-refractivity contribution in [3.05, 3.63) is 59.7 Å². The largest absolute Gasteiger partial charge is 0.497 e. The minimum Gasteiger partial charge on any atom is -0.497 e. The number of rotatable bonds is 7. The zero-order valence-corrected chi connectivity index (χ0v) is 15.2. The molecule has 1 unspecified atom stereocenters. The Balaban J connectivity index is 1.52. The van der Waals surface area contributed by atoms with Gasteiger partial charge in [0.2, 0.25) is 0 Å². The molecule has 134 valence electrons. The van der Waals surface area contributed by atoms with Crippen molar-refractivity contribution in [2.45, 2.75) is 19.6 Å². The van der Waals surface area contributed by atoms with E-state index in [-0.39, 0.29) is 6.61 Å². The number of carbonyl (C=O) groups excluding carboxylic acids is 1. The Bertz CT molecular complexity index is 849. The molecule has 0 spiro atoms. The fraction of sp³-hybridized carbons (Fsp3) is 0.211. The lowest BCUT2D eigenvalue weighted by atomic mass is 10.3. The summed E-state index contributed by atoms with van der Waals surface area (Å²) < 4.78 is 16.0. The van der Waals surface area contributed by atoms with Gasteiger partial charge in [0.25, 0.3) is 0 Å². The lowest BCUT2D eigenvalue weighted by Gasteiger charge is -2.13. The first-order valence-corrected chi connectivity index (χ1v) is 8.87. The molecule has 7 heteroatoms. The van der Waals surface area contributed by atoms with Crippen molar-refractivity contribution in [3.8, 4) is 22.2 Å². The van der Waals surface area contributed by atoms with Crippen molar-refractivity contribution < 1.29 is 19.0 Å². The highest BCUT2D eigenvalue weighted by Gasteiger charge is 2.17. The lowest BCUT2D eigenvalue weighted by molar-refractivity contribution is -0.152. The normalized spacial score (nSPS) is 11.6. The maximum Gasteiger partial charge on any atom is 0.347 e. The quantitative estimate of drug-likeness (QED) is 0.590. The second kappa shape index (κ2) is 8.44. The fourth-order valence-corrected chi connectivity index (χ4v) is 2.93. The molecular weight excluding hydrogens is 352 g/mol. The number of aromatic nitrogens is 2. The van der Waals surface area contributed by atoms with Gasteiger partial charge in [0.15, 0.2) is 6.10 Å². The number of hydrogen-bond donors (Lipinski definition) is 0. The molecule has 0 radical (unpaired) electrons. The molecule has 3 aromatic rings. The van der Waals surface area contributed by atoms with Crippen molar-refractivity contribution in [1.82, 2.24) is 9.97 Å². The van der Waals surface area contributed by atoms with Gasteiger partial charge in [-0.05, 0) is 43.3 Å². The molecule has 0 aliphatic carbocycles. The Morgan fingerprint density at radius 1 is 1.15 bits per heavy atom. The SMILES string of the molecule is COc1ccc(OC(C)C(=O)OCc2csc(-c3ccccn3)n2)cc1. The summed E-state index contributed by atoms with van der Waals surface area (Å²) in [6, 6.07) is 12.7. The summed E-state index contributed by atoms with van der Waals surface area (Å²) in [6.07, 6.45) is 0.992. The summed E-state index contributed by atoms with van der Waals surface area (Å²) in [5.74, 6) is 0.842. The van der Waals surface area contributed by atoms with E-state index >= 15 is 0 Å². The van der Waals surface area contributed by atoms with Crippen molar-refractivity contribution in [2.24, 2.45) is 0 Å². The molecule has 0 saturated heterocycles. The number of ether oxygens (including phenoxy) is 3.